The maximum atomic E-state index is 9.23. The van der Waals surface area contributed by atoms with Crippen LogP contribution in [0.5, 0.6) is 0 Å². The van der Waals surface area contributed by atoms with Crippen LogP contribution in [-0.2, 0) is 0 Å². The molecule has 1 saturated carbocycles. The van der Waals surface area contributed by atoms with Gasteiger partial charge in [0, 0.05) is 10.5 Å². The molecule has 1 fully saturated rings. The van der Waals surface area contributed by atoms with Gasteiger partial charge in [0.1, 0.15) is 17.5 Å². The molecule has 0 aliphatic heterocycles. The van der Waals surface area contributed by atoms with Crippen molar-refractivity contribution in [3.63, 3.8) is 0 Å². The zero-order chi connectivity index (χ0) is 13.4. The van der Waals surface area contributed by atoms with Crippen molar-refractivity contribution in [3.05, 3.63) is 34.3 Å². The standard InChI is InChI=1S/C13H12BrN5/c14-10-3-1-2-4-11(10)19-12(16)9(7-15)13(18-19)17-8-5-6-8/h1-4,8H,5-6,16H2,(H,17,18). The number of nitrogens with one attached hydrogen (secondary N) is 1. The molecule has 3 N–H and O–H groups in total. The van der Waals surface area contributed by atoms with Gasteiger partial charge < -0.3 is 11.1 Å². The van der Waals surface area contributed by atoms with Gasteiger partial charge in [0.15, 0.2) is 5.82 Å². The van der Waals surface area contributed by atoms with Crippen LogP contribution in [0.3, 0.4) is 0 Å². The molecule has 0 bridgehead atoms. The second-order valence-electron chi connectivity index (χ2n) is 4.50. The number of nitrogen functional groups attached to an aromatic ring is 1. The Labute approximate surface area is 119 Å². The van der Waals surface area contributed by atoms with Crippen molar-refractivity contribution in [1.82, 2.24) is 9.78 Å². The first-order valence-corrected chi connectivity index (χ1v) is 6.80. The van der Waals surface area contributed by atoms with Gasteiger partial charge in [-0.15, -0.1) is 5.10 Å². The number of nitrogens with two attached hydrogens (primary N) is 1. The zero-order valence-corrected chi connectivity index (χ0v) is 11.7. The second kappa shape index (κ2) is 4.59. The molecular weight excluding hydrogens is 306 g/mol. The van der Waals surface area contributed by atoms with E-state index in [0.717, 1.165) is 23.0 Å². The van der Waals surface area contributed by atoms with Gasteiger partial charge in [-0.1, -0.05) is 12.1 Å². The second-order valence-corrected chi connectivity index (χ2v) is 5.36. The van der Waals surface area contributed by atoms with Crippen LogP contribution in [0.15, 0.2) is 28.7 Å². The number of nitrogens with zero attached hydrogens (tertiary/aromatic N) is 3. The molecule has 96 valence electrons. The maximum Gasteiger partial charge on any atom is 0.168 e. The summed E-state index contributed by atoms with van der Waals surface area (Å²) >= 11 is 3.47. The van der Waals surface area contributed by atoms with Gasteiger partial charge >= 0.3 is 0 Å². The molecule has 5 nitrogen and oxygen atoms in total. The Bertz CT molecular complexity index is 666. The minimum atomic E-state index is 0.359. The topological polar surface area (TPSA) is 79.7 Å². The molecule has 1 aromatic carbocycles. The molecule has 19 heavy (non-hydrogen) atoms. The highest BCUT2D eigenvalue weighted by molar-refractivity contribution is 9.10. The SMILES string of the molecule is N#Cc1c(NC2CC2)nn(-c2ccccc2Br)c1N. The average molecular weight is 318 g/mol. The summed E-state index contributed by atoms with van der Waals surface area (Å²) in [6, 6.07) is 10.2. The lowest BCUT2D eigenvalue weighted by atomic mass is 10.3. The van der Waals surface area contributed by atoms with Crippen molar-refractivity contribution in [3.8, 4) is 11.8 Å². The van der Waals surface area contributed by atoms with Crippen LogP contribution >= 0.6 is 15.9 Å². The van der Waals surface area contributed by atoms with E-state index in [1.165, 1.54) is 0 Å². The Morgan fingerprint density at radius 2 is 2.16 bits per heavy atom. The van der Waals surface area contributed by atoms with E-state index in [2.05, 4.69) is 32.4 Å². The molecule has 6 heteroatoms. The highest BCUT2D eigenvalue weighted by atomic mass is 79.9. The fourth-order valence-electron chi connectivity index (χ4n) is 1.87. The molecular formula is C13H12BrN5. The monoisotopic (exact) mass is 317 g/mol. The number of anilines is 2. The highest BCUT2D eigenvalue weighted by Gasteiger charge is 2.25. The average Bonchev–Trinajstić information content (AvgIpc) is 3.15. The molecule has 1 aliphatic carbocycles. The molecule has 0 radical (unpaired) electrons. The molecule has 0 amide bonds. The Kier molecular flexibility index (Phi) is 2.91. The number of benzene rings is 1. The number of nitriles is 1. The van der Waals surface area contributed by atoms with Gasteiger partial charge in [-0.25, -0.2) is 4.68 Å². The number of halogens is 1. The summed E-state index contributed by atoms with van der Waals surface area (Å²) in [7, 11) is 0. The summed E-state index contributed by atoms with van der Waals surface area (Å²) in [4.78, 5) is 0. The summed E-state index contributed by atoms with van der Waals surface area (Å²) in [5, 5.41) is 16.9. The van der Waals surface area contributed by atoms with Crippen molar-refractivity contribution < 1.29 is 0 Å². The normalized spacial score (nSPS) is 14.1. The van der Waals surface area contributed by atoms with Crippen LogP contribution in [0.4, 0.5) is 11.6 Å². The van der Waals surface area contributed by atoms with E-state index in [1.54, 1.807) is 4.68 Å². The van der Waals surface area contributed by atoms with Gasteiger partial charge in [0.25, 0.3) is 0 Å². The van der Waals surface area contributed by atoms with E-state index < -0.39 is 0 Å². The Morgan fingerprint density at radius 1 is 1.42 bits per heavy atom. The predicted molar refractivity (Wildman–Crippen MR) is 77.0 cm³/mol. The minimum Gasteiger partial charge on any atom is -0.382 e. The molecule has 1 aliphatic rings. The third kappa shape index (κ3) is 2.17. The fraction of sp³-hybridized carbons (Fsp3) is 0.231. The Balaban J connectivity index is 2.09. The van der Waals surface area contributed by atoms with Gasteiger partial charge in [0.2, 0.25) is 0 Å². The molecule has 1 aromatic heterocycles. The molecule has 3 rings (SSSR count). The van der Waals surface area contributed by atoms with Crippen LogP contribution in [0.2, 0.25) is 0 Å². The number of hydrogen-bond donors (Lipinski definition) is 2. The molecule has 0 unspecified atom stereocenters. The highest BCUT2D eigenvalue weighted by Crippen LogP contribution is 2.31. The van der Waals surface area contributed by atoms with Crippen LogP contribution < -0.4 is 11.1 Å². The van der Waals surface area contributed by atoms with Crippen LogP contribution in [0.1, 0.15) is 18.4 Å². The van der Waals surface area contributed by atoms with Crippen molar-refractivity contribution in [1.29, 1.82) is 5.26 Å². The summed E-state index contributed by atoms with van der Waals surface area (Å²) in [5.74, 6) is 0.927. The van der Waals surface area contributed by atoms with Crippen molar-refractivity contribution in [2.24, 2.45) is 0 Å². The maximum absolute atomic E-state index is 9.23. The van der Waals surface area contributed by atoms with E-state index in [1.807, 2.05) is 24.3 Å². The smallest absolute Gasteiger partial charge is 0.168 e. The van der Waals surface area contributed by atoms with Crippen LogP contribution in [0, 0.1) is 11.3 Å². The van der Waals surface area contributed by atoms with E-state index >= 15 is 0 Å². The third-order valence-electron chi connectivity index (χ3n) is 3.03. The first-order chi connectivity index (χ1) is 9.20. The van der Waals surface area contributed by atoms with Crippen LogP contribution in [0.25, 0.3) is 5.69 Å². The van der Waals surface area contributed by atoms with E-state index in [9.17, 15) is 5.26 Å². The van der Waals surface area contributed by atoms with Gasteiger partial charge in [-0.2, -0.15) is 5.26 Å². The largest absolute Gasteiger partial charge is 0.382 e. The lowest BCUT2D eigenvalue weighted by molar-refractivity contribution is 0.883. The van der Waals surface area contributed by atoms with Crippen LogP contribution in [-0.4, -0.2) is 15.8 Å². The van der Waals surface area contributed by atoms with Crippen molar-refractivity contribution in [2.75, 3.05) is 11.1 Å². The minimum absolute atomic E-state index is 0.359. The summed E-state index contributed by atoms with van der Waals surface area (Å²) in [6.45, 7) is 0. The van der Waals surface area contributed by atoms with E-state index in [0.29, 0.717) is 23.2 Å². The molecule has 2 aromatic rings. The number of rotatable bonds is 3. The van der Waals surface area contributed by atoms with E-state index in [4.69, 9.17) is 5.73 Å². The zero-order valence-electron chi connectivity index (χ0n) is 10.1. The lowest BCUT2D eigenvalue weighted by Crippen LogP contribution is -2.04. The quantitative estimate of drug-likeness (QED) is 0.912. The summed E-state index contributed by atoms with van der Waals surface area (Å²) < 4.78 is 2.47. The first kappa shape index (κ1) is 12.1. The Hall–Kier alpha value is -2.00. The van der Waals surface area contributed by atoms with Gasteiger partial charge in [-0.3, -0.25) is 0 Å². The third-order valence-corrected chi connectivity index (χ3v) is 3.70. The summed E-state index contributed by atoms with van der Waals surface area (Å²) in [6.07, 6.45) is 2.24. The molecule has 1 heterocycles. The predicted octanol–water partition coefficient (Wildman–Crippen LogP) is 2.66. The molecule has 0 saturated heterocycles. The van der Waals surface area contributed by atoms with Crippen molar-refractivity contribution in [2.45, 2.75) is 18.9 Å². The first-order valence-electron chi connectivity index (χ1n) is 6.00. The van der Waals surface area contributed by atoms with Gasteiger partial charge in [0.05, 0.1) is 5.69 Å². The number of hydrogen-bond acceptors (Lipinski definition) is 4. The van der Waals surface area contributed by atoms with Crippen molar-refractivity contribution >= 4 is 27.6 Å². The van der Waals surface area contributed by atoms with E-state index in [-0.39, 0.29) is 0 Å². The molecule has 0 atom stereocenters. The summed E-state index contributed by atoms with van der Waals surface area (Å²) in [5.41, 5.74) is 7.25. The number of para-hydroxylation sites is 1. The fourth-order valence-corrected chi connectivity index (χ4v) is 2.32. The number of aromatic nitrogens is 2. The van der Waals surface area contributed by atoms with Gasteiger partial charge in [-0.05, 0) is 40.9 Å². The Morgan fingerprint density at radius 3 is 2.79 bits per heavy atom. The molecule has 0 spiro atoms. The lowest BCUT2D eigenvalue weighted by Gasteiger charge is -2.05.